The molecule has 0 spiro atoms. The average Bonchev–Trinajstić information content (AvgIpc) is 2.80. The zero-order valence-corrected chi connectivity index (χ0v) is 17.3. The van der Waals surface area contributed by atoms with Crippen molar-refractivity contribution in [2.24, 2.45) is 4.99 Å². The van der Waals surface area contributed by atoms with Crippen molar-refractivity contribution in [3.8, 4) is 0 Å². The molecule has 1 aliphatic heterocycles. The highest BCUT2D eigenvalue weighted by Crippen LogP contribution is 2.34. The molecule has 4 aromatic carbocycles. The summed E-state index contributed by atoms with van der Waals surface area (Å²) in [4.78, 5) is 4.99. The van der Waals surface area contributed by atoms with E-state index in [0.717, 1.165) is 21.4 Å². The van der Waals surface area contributed by atoms with Gasteiger partial charge in [0.15, 0.2) is 0 Å². The van der Waals surface area contributed by atoms with Gasteiger partial charge in [0.05, 0.1) is 0 Å². The molecule has 0 aromatic heterocycles. The SMILES string of the molecule is Brc1ccc2ccccc2c1C1NC(c2ccccc2)=NC(c2ccccc2)N1. The monoisotopic (exact) mass is 441 g/mol. The van der Waals surface area contributed by atoms with Gasteiger partial charge in [-0.2, -0.15) is 0 Å². The molecule has 2 unspecified atom stereocenters. The van der Waals surface area contributed by atoms with Crippen molar-refractivity contribution in [1.29, 1.82) is 0 Å². The molecule has 4 aromatic rings. The molecule has 0 amide bonds. The number of rotatable bonds is 3. The van der Waals surface area contributed by atoms with E-state index < -0.39 is 0 Å². The quantitative estimate of drug-likeness (QED) is 0.412. The van der Waals surface area contributed by atoms with Gasteiger partial charge in [0, 0.05) is 15.6 Å². The molecule has 1 aliphatic rings. The number of hydrogen-bond acceptors (Lipinski definition) is 3. The van der Waals surface area contributed by atoms with Crippen molar-refractivity contribution in [2.75, 3.05) is 0 Å². The highest BCUT2D eigenvalue weighted by molar-refractivity contribution is 9.10. The van der Waals surface area contributed by atoms with E-state index in [2.05, 4.69) is 99.4 Å². The summed E-state index contributed by atoms with van der Waals surface area (Å²) >= 11 is 3.79. The molecule has 2 atom stereocenters. The molecular weight excluding hydrogens is 422 g/mol. The van der Waals surface area contributed by atoms with Gasteiger partial charge in [-0.05, 0) is 22.4 Å². The third-order valence-corrected chi connectivity index (χ3v) is 5.92. The van der Waals surface area contributed by atoms with Crippen molar-refractivity contribution < 1.29 is 0 Å². The topological polar surface area (TPSA) is 36.4 Å². The third-order valence-electron chi connectivity index (χ3n) is 5.23. The molecule has 0 fully saturated rings. The van der Waals surface area contributed by atoms with Crippen LogP contribution in [0.2, 0.25) is 0 Å². The molecular formula is C25H20BrN3. The van der Waals surface area contributed by atoms with Crippen LogP contribution in [0.25, 0.3) is 10.8 Å². The smallest absolute Gasteiger partial charge is 0.131 e. The predicted molar refractivity (Wildman–Crippen MR) is 123 cm³/mol. The van der Waals surface area contributed by atoms with Crippen LogP contribution >= 0.6 is 15.9 Å². The second kappa shape index (κ2) is 7.82. The zero-order chi connectivity index (χ0) is 19.6. The van der Waals surface area contributed by atoms with Crippen LogP contribution in [0.1, 0.15) is 29.0 Å². The fraction of sp³-hybridized carbons (Fsp3) is 0.0800. The van der Waals surface area contributed by atoms with Crippen molar-refractivity contribution in [3.63, 3.8) is 0 Å². The third kappa shape index (κ3) is 3.57. The van der Waals surface area contributed by atoms with E-state index in [1.807, 2.05) is 24.3 Å². The number of hydrogen-bond donors (Lipinski definition) is 2. The second-order valence-electron chi connectivity index (χ2n) is 7.08. The molecule has 0 bridgehead atoms. The van der Waals surface area contributed by atoms with E-state index in [0.29, 0.717) is 0 Å². The molecule has 142 valence electrons. The van der Waals surface area contributed by atoms with E-state index in [1.54, 1.807) is 0 Å². The first kappa shape index (κ1) is 18.1. The van der Waals surface area contributed by atoms with Gasteiger partial charge in [0.25, 0.3) is 0 Å². The van der Waals surface area contributed by atoms with Gasteiger partial charge in [0.2, 0.25) is 0 Å². The van der Waals surface area contributed by atoms with Crippen molar-refractivity contribution in [3.05, 3.63) is 118 Å². The van der Waals surface area contributed by atoms with Gasteiger partial charge in [-0.25, -0.2) is 4.99 Å². The Labute approximate surface area is 178 Å². The van der Waals surface area contributed by atoms with Gasteiger partial charge >= 0.3 is 0 Å². The Hall–Kier alpha value is -2.95. The van der Waals surface area contributed by atoms with Gasteiger partial charge < -0.3 is 5.32 Å². The highest BCUT2D eigenvalue weighted by atomic mass is 79.9. The molecule has 0 radical (unpaired) electrons. The molecule has 4 heteroatoms. The molecule has 29 heavy (non-hydrogen) atoms. The number of aliphatic imine (C=N–C) groups is 1. The lowest BCUT2D eigenvalue weighted by Gasteiger charge is -2.33. The lowest BCUT2D eigenvalue weighted by atomic mass is 10.0. The minimum atomic E-state index is -0.136. The Balaban J connectivity index is 1.64. The zero-order valence-electron chi connectivity index (χ0n) is 15.7. The predicted octanol–water partition coefficient (Wildman–Crippen LogP) is 5.94. The average molecular weight is 442 g/mol. The summed E-state index contributed by atoms with van der Waals surface area (Å²) in [6, 6.07) is 33.4. The summed E-state index contributed by atoms with van der Waals surface area (Å²) in [6.45, 7) is 0. The van der Waals surface area contributed by atoms with E-state index in [4.69, 9.17) is 4.99 Å². The van der Waals surface area contributed by atoms with Crippen LogP contribution < -0.4 is 10.6 Å². The van der Waals surface area contributed by atoms with Crippen LogP contribution in [0.5, 0.6) is 0 Å². The molecule has 5 rings (SSSR count). The largest absolute Gasteiger partial charge is 0.350 e. The molecule has 3 nitrogen and oxygen atoms in total. The Kier molecular flexibility index (Phi) is 4.88. The Morgan fingerprint density at radius 2 is 1.41 bits per heavy atom. The van der Waals surface area contributed by atoms with Gasteiger partial charge in [-0.15, -0.1) is 0 Å². The molecule has 2 N–H and O–H groups in total. The fourth-order valence-corrected chi connectivity index (χ4v) is 4.39. The van der Waals surface area contributed by atoms with Crippen LogP contribution in [-0.2, 0) is 0 Å². The number of nitrogens with one attached hydrogen (secondary N) is 2. The summed E-state index contributed by atoms with van der Waals surface area (Å²) in [6.07, 6.45) is -0.225. The number of benzene rings is 4. The molecule has 0 aliphatic carbocycles. The van der Waals surface area contributed by atoms with E-state index in [-0.39, 0.29) is 12.3 Å². The lowest BCUT2D eigenvalue weighted by molar-refractivity contribution is 0.410. The number of nitrogens with zero attached hydrogens (tertiary/aromatic N) is 1. The van der Waals surface area contributed by atoms with Crippen molar-refractivity contribution in [1.82, 2.24) is 10.6 Å². The minimum Gasteiger partial charge on any atom is -0.350 e. The van der Waals surface area contributed by atoms with Gasteiger partial charge in [-0.3, -0.25) is 5.32 Å². The maximum Gasteiger partial charge on any atom is 0.131 e. The first-order valence-electron chi connectivity index (χ1n) is 9.67. The normalized spacial score (nSPS) is 18.9. The van der Waals surface area contributed by atoms with Crippen LogP contribution in [0.15, 0.2) is 107 Å². The number of halogens is 1. The number of amidine groups is 1. The van der Waals surface area contributed by atoms with Crippen molar-refractivity contribution >= 4 is 32.5 Å². The summed E-state index contributed by atoms with van der Waals surface area (Å²) in [5.74, 6) is 0.892. The van der Waals surface area contributed by atoms with Crippen LogP contribution in [-0.4, -0.2) is 5.84 Å². The highest BCUT2D eigenvalue weighted by Gasteiger charge is 2.27. The van der Waals surface area contributed by atoms with Gasteiger partial charge in [-0.1, -0.05) is 107 Å². The molecule has 1 heterocycles. The standard InChI is InChI=1S/C25H20BrN3/c26-21-16-15-17-9-7-8-14-20(17)22(21)25-28-23(18-10-3-1-4-11-18)27-24(29-25)19-12-5-2-6-13-19/h1-16,23,25,28H,(H,27,29). The summed E-state index contributed by atoms with van der Waals surface area (Å²) in [5.41, 5.74) is 3.41. The Morgan fingerprint density at radius 3 is 2.21 bits per heavy atom. The Bertz CT molecular complexity index is 1170. The van der Waals surface area contributed by atoms with E-state index in [1.165, 1.54) is 16.3 Å². The summed E-state index contributed by atoms with van der Waals surface area (Å²) < 4.78 is 1.07. The maximum atomic E-state index is 4.99. The Morgan fingerprint density at radius 1 is 0.724 bits per heavy atom. The van der Waals surface area contributed by atoms with Gasteiger partial charge in [0.1, 0.15) is 18.2 Å². The summed E-state index contributed by atoms with van der Waals surface area (Å²) in [7, 11) is 0. The molecule has 0 saturated heterocycles. The first-order valence-corrected chi connectivity index (χ1v) is 10.5. The van der Waals surface area contributed by atoms with E-state index >= 15 is 0 Å². The molecule has 0 saturated carbocycles. The van der Waals surface area contributed by atoms with Crippen LogP contribution in [0.4, 0.5) is 0 Å². The fourth-order valence-electron chi connectivity index (χ4n) is 3.82. The summed E-state index contributed by atoms with van der Waals surface area (Å²) in [5, 5.41) is 9.75. The van der Waals surface area contributed by atoms with E-state index in [9.17, 15) is 0 Å². The first-order chi connectivity index (χ1) is 14.3. The van der Waals surface area contributed by atoms with Crippen molar-refractivity contribution in [2.45, 2.75) is 12.3 Å². The minimum absolute atomic E-state index is 0.0895. The second-order valence-corrected chi connectivity index (χ2v) is 7.94. The van der Waals surface area contributed by atoms with Crippen LogP contribution in [0, 0.1) is 0 Å². The van der Waals surface area contributed by atoms with Crippen LogP contribution in [0.3, 0.4) is 0 Å². The number of fused-ring (bicyclic) bond motifs is 1. The maximum absolute atomic E-state index is 4.99. The lowest BCUT2D eigenvalue weighted by Crippen LogP contribution is -2.45.